The van der Waals surface area contributed by atoms with Crippen molar-refractivity contribution < 1.29 is 23.8 Å². The number of rotatable bonds is 6. The molecule has 3 rings (SSSR count). The van der Waals surface area contributed by atoms with Crippen molar-refractivity contribution in [1.82, 2.24) is 5.32 Å². The van der Waals surface area contributed by atoms with E-state index in [4.69, 9.17) is 9.47 Å². The van der Waals surface area contributed by atoms with Crippen LogP contribution >= 0.6 is 27.7 Å². The van der Waals surface area contributed by atoms with Gasteiger partial charge in [0.15, 0.2) is 23.3 Å². The Morgan fingerprint density at radius 3 is 2.60 bits per heavy atom. The molecule has 1 aliphatic rings. The number of amidine groups is 1. The summed E-state index contributed by atoms with van der Waals surface area (Å²) in [6.07, 6.45) is 1.73. The molecule has 9 heteroatoms. The summed E-state index contributed by atoms with van der Waals surface area (Å²) in [6, 6.07) is 11.1. The number of aliphatic imine (C=N–C) groups is 1. The van der Waals surface area contributed by atoms with E-state index in [2.05, 4.69) is 31.0 Å². The Labute approximate surface area is 186 Å². The number of aryl methyl sites for hydroxylation is 1. The van der Waals surface area contributed by atoms with Crippen LogP contribution in [0.25, 0.3) is 6.08 Å². The van der Waals surface area contributed by atoms with Crippen LogP contribution in [0.5, 0.6) is 11.5 Å². The summed E-state index contributed by atoms with van der Waals surface area (Å²) in [5.41, 5.74) is 2.62. The monoisotopic (exact) mass is 490 g/mol. The summed E-state index contributed by atoms with van der Waals surface area (Å²) in [6.45, 7) is 1.76. The van der Waals surface area contributed by atoms with Gasteiger partial charge in [-0.2, -0.15) is 0 Å². The van der Waals surface area contributed by atoms with E-state index in [0.29, 0.717) is 31.6 Å². The van der Waals surface area contributed by atoms with Crippen LogP contribution in [0.1, 0.15) is 11.1 Å². The van der Waals surface area contributed by atoms with Crippen molar-refractivity contribution in [1.29, 1.82) is 0 Å². The van der Waals surface area contributed by atoms with Gasteiger partial charge in [-0.05, 0) is 54.6 Å². The second kappa shape index (κ2) is 9.82. The zero-order valence-corrected chi connectivity index (χ0v) is 18.9. The van der Waals surface area contributed by atoms with Gasteiger partial charge in [-0.15, -0.1) is 0 Å². The molecule has 0 atom stereocenters. The summed E-state index contributed by atoms with van der Waals surface area (Å²) in [7, 11) is 2.78. The minimum Gasteiger partial charge on any atom is -0.493 e. The Balaban J connectivity index is 1.82. The number of esters is 1. The fraction of sp³-hybridized carbons (Fsp3) is 0.190. The third-order valence-electron chi connectivity index (χ3n) is 4.06. The van der Waals surface area contributed by atoms with E-state index in [1.165, 1.54) is 26.0 Å². The summed E-state index contributed by atoms with van der Waals surface area (Å²) >= 11 is 4.72. The van der Waals surface area contributed by atoms with Crippen molar-refractivity contribution in [2.24, 2.45) is 4.99 Å². The number of thioether (sulfide) groups is 1. The highest BCUT2D eigenvalue weighted by molar-refractivity contribution is 9.10. The summed E-state index contributed by atoms with van der Waals surface area (Å²) in [4.78, 5) is 28.6. The van der Waals surface area contributed by atoms with Gasteiger partial charge < -0.3 is 19.5 Å². The highest BCUT2D eigenvalue weighted by atomic mass is 79.9. The number of nitrogens with one attached hydrogen (secondary N) is 1. The SMILES string of the molecule is COC(=O)COc1cc(Br)c(/C=C2/SC(=Nc3ccc(C)cc3)NC2=O)cc1OC. The van der Waals surface area contributed by atoms with Gasteiger partial charge >= 0.3 is 5.97 Å². The number of ether oxygens (including phenoxy) is 3. The number of amides is 1. The first-order valence-corrected chi connectivity index (χ1v) is 10.4. The molecule has 0 radical (unpaired) electrons. The average Bonchev–Trinajstić information content (AvgIpc) is 3.08. The third-order valence-corrected chi connectivity index (χ3v) is 5.65. The van der Waals surface area contributed by atoms with Gasteiger partial charge in [0.25, 0.3) is 5.91 Å². The molecule has 2 aromatic rings. The van der Waals surface area contributed by atoms with Crippen molar-refractivity contribution >= 4 is 56.5 Å². The predicted octanol–water partition coefficient (Wildman–Crippen LogP) is 4.21. The lowest BCUT2D eigenvalue weighted by Gasteiger charge is -2.12. The van der Waals surface area contributed by atoms with Gasteiger partial charge in [0.05, 0.1) is 24.8 Å². The topological polar surface area (TPSA) is 86.2 Å². The number of halogens is 1. The molecule has 156 valence electrons. The maximum atomic E-state index is 12.4. The minimum absolute atomic E-state index is 0.234. The van der Waals surface area contributed by atoms with E-state index in [0.717, 1.165) is 11.3 Å². The zero-order chi connectivity index (χ0) is 21.7. The van der Waals surface area contributed by atoms with E-state index in [-0.39, 0.29) is 12.5 Å². The van der Waals surface area contributed by atoms with Gasteiger partial charge in [-0.3, -0.25) is 4.79 Å². The van der Waals surface area contributed by atoms with Crippen LogP contribution in [0.4, 0.5) is 5.69 Å². The molecule has 1 amide bonds. The molecule has 0 bridgehead atoms. The van der Waals surface area contributed by atoms with Gasteiger partial charge in [0, 0.05) is 4.47 Å². The van der Waals surface area contributed by atoms with Gasteiger partial charge in [0.1, 0.15) is 0 Å². The van der Waals surface area contributed by atoms with Crippen molar-refractivity contribution in [3.63, 3.8) is 0 Å². The fourth-order valence-electron chi connectivity index (χ4n) is 2.49. The van der Waals surface area contributed by atoms with Crippen LogP contribution < -0.4 is 14.8 Å². The lowest BCUT2D eigenvalue weighted by Crippen LogP contribution is -2.19. The number of hydrogen-bond donors (Lipinski definition) is 1. The van der Waals surface area contributed by atoms with E-state index >= 15 is 0 Å². The van der Waals surface area contributed by atoms with Gasteiger partial charge in [-0.25, -0.2) is 9.79 Å². The highest BCUT2D eigenvalue weighted by Crippen LogP contribution is 2.36. The van der Waals surface area contributed by atoms with Gasteiger partial charge in [-0.1, -0.05) is 33.6 Å². The first-order chi connectivity index (χ1) is 14.4. The van der Waals surface area contributed by atoms with E-state index in [1.807, 2.05) is 31.2 Å². The number of carbonyl (C=O) groups excluding carboxylic acids is 2. The first-order valence-electron chi connectivity index (χ1n) is 8.83. The molecule has 7 nitrogen and oxygen atoms in total. The number of methoxy groups -OCH3 is 2. The standard InChI is InChI=1S/C21H19BrN2O5S/c1-12-4-6-14(7-5-12)23-21-24-20(26)18(30-21)9-13-8-16(27-2)17(10-15(13)22)29-11-19(25)28-3/h4-10H,11H2,1-3H3,(H,23,24,26)/b18-9+. The summed E-state index contributed by atoms with van der Waals surface area (Å²) in [5, 5.41) is 3.28. The Kier molecular flexibility index (Phi) is 7.17. The molecule has 1 saturated heterocycles. The zero-order valence-electron chi connectivity index (χ0n) is 16.5. The van der Waals surface area contributed by atoms with Crippen molar-refractivity contribution in [3.05, 3.63) is 56.9 Å². The Hall–Kier alpha value is -2.78. The molecule has 30 heavy (non-hydrogen) atoms. The molecule has 1 fully saturated rings. The average molecular weight is 491 g/mol. The third kappa shape index (κ3) is 5.43. The smallest absolute Gasteiger partial charge is 0.343 e. The Morgan fingerprint density at radius 2 is 1.93 bits per heavy atom. The van der Waals surface area contributed by atoms with E-state index < -0.39 is 5.97 Å². The molecule has 2 aromatic carbocycles. The first kappa shape index (κ1) is 21.9. The lowest BCUT2D eigenvalue weighted by molar-refractivity contribution is -0.142. The normalized spacial score (nSPS) is 15.9. The molecule has 0 unspecified atom stereocenters. The Bertz CT molecular complexity index is 1030. The molecular weight excluding hydrogens is 472 g/mol. The lowest BCUT2D eigenvalue weighted by atomic mass is 10.2. The van der Waals surface area contributed by atoms with Crippen LogP contribution in [-0.4, -0.2) is 37.9 Å². The number of nitrogens with zero attached hydrogens (tertiary/aromatic N) is 1. The van der Waals surface area contributed by atoms with Crippen molar-refractivity contribution in [2.75, 3.05) is 20.8 Å². The van der Waals surface area contributed by atoms with Crippen LogP contribution in [0, 0.1) is 6.92 Å². The molecule has 1 N–H and O–H groups in total. The van der Waals surface area contributed by atoms with E-state index in [1.54, 1.807) is 18.2 Å². The number of hydrogen-bond acceptors (Lipinski definition) is 7. The molecule has 1 aliphatic heterocycles. The highest BCUT2D eigenvalue weighted by Gasteiger charge is 2.24. The van der Waals surface area contributed by atoms with Crippen LogP contribution in [0.2, 0.25) is 0 Å². The second-order valence-corrected chi connectivity index (χ2v) is 8.09. The quantitative estimate of drug-likeness (QED) is 0.482. The molecular formula is C21H19BrN2O5S. The number of benzene rings is 2. The Morgan fingerprint density at radius 1 is 1.20 bits per heavy atom. The van der Waals surface area contributed by atoms with Crippen LogP contribution in [0.15, 0.2) is 50.8 Å². The van der Waals surface area contributed by atoms with Crippen LogP contribution in [-0.2, 0) is 14.3 Å². The number of carbonyl (C=O) groups is 2. The van der Waals surface area contributed by atoms with Crippen LogP contribution in [0.3, 0.4) is 0 Å². The van der Waals surface area contributed by atoms with Crippen molar-refractivity contribution in [2.45, 2.75) is 6.92 Å². The predicted molar refractivity (Wildman–Crippen MR) is 120 cm³/mol. The fourth-order valence-corrected chi connectivity index (χ4v) is 3.76. The maximum Gasteiger partial charge on any atom is 0.343 e. The molecule has 1 heterocycles. The molecule has 0 aromatic heterocycles. The minimum atomic E-state index is -0.501. The van der Waals surface area contributed by atoms with Gasteiger partial charge in [0.2, 0.25) is 0 Å². The summed E-state index contributed by atoms with van der Waals surface area (Å²) < 4.78 is 16.0. The molecule has 0 spiro atoms. The maximum absolute atomic E-state index is 12.4. The largest absolute Gasteiger partial charge is 0.493 e. The molecule has 0 aliphatic carbocycles. The summed E-state index contributed by atoms with van der Waals surface area (Å²) in [5.74, 6) is 0.0644. The molecule has 0 saturated carbocycles. The second-order valence-electron chi connectivity index (χ2n) is 6.21. The van der Waals surface area contributed by atoms with Crippen molar-refractivity contribution in [3.8, 4) is 11.5 Å². The van der Waals surface area contributed by atoms with E-state index in [9.17, 15) is 9.59 Å².